The molecule has 0 aromatic heterocycles. The van der Waals surface area contributed by atoms with E-state index in [0.29, 0.717) is 12.8 Å². The van der Waals surface area contributed by atoms with E-state index in [-0.39, 0.29) is 17.9 Å². The van der Waals surface area contributed by atoms with Crippen molar-refractivity contribution in [3.8, 4) is 0 Å². The lowest BCUT2D eigenvalue weighted by atomic mass is 10.0. The molecule has 0 spiro atoms. The summed E-state index contributed by atoms with van der Waals surface area (Å²) in [6, 6.07) is -0.799. The van der Waals surface area contributed by atoms with Gasteiger partial charge in [0.2, 0.25) is 5.91 Å². The number of ether oxygens (including phenoxy) is 1. The van der Waals surface area contributed by atoms with E-state index in [1.807, 2.05) is 0 Å². The van der Waals surface area contributed by atoms with Gasteiger partial charge in [-0.1, -0.05) is 13.8 Å². The molecule has 1 saturated heterocycles. The molecule has 5 nitrogen and oxygen atoms in total. The number of carboxylic acids is 1. The Morgan fingerprint density at radius 2 is 2.18 bits per heavy atom. The molecule has 2 N–H and O–H groups in total. The predicted octanol–water partition coefficient (Wildman–Crippen LogP) is 1.17. The second-order valence-electron chi connectivity index (χ2n) is 4.80. The highest BCUT2D eigenvalue weighted by molar-refractivity contribution is 5.83. The number of hydrogen-bond donors (Lipinski definition) is 2. The smallest absolute Gasteiger partial charge is 0.326 e. The van der Waals surface area contributed by atoms with Gasteiger partial charge in [0.15, 0.2) is 0 Å². The average molecular weight is 243 g/mol. The summed E-state index contributed by atoms with van der Waals surface area (Å²) in [7, 11) is 0. The van der Waals surface area contributed by atoms with Crippen molar-refractivity contribution < 1.29 is 19.4 Å². The van der Waals surface area contributed by atoms with Gasteiger partial charge < -0.3 is 15.2 Å². The highest BCUT2D eigenvalue weighted by Gasteiger charge is 2.24. The quantitative estimate of drug-likeness (QED) is 0.734. The van der Waals surface area contributed by atoms with Crippen LogP contribution in [0.15, 0.2) is 0 Å². The number of carbonyl (C=O) groups excluding carboxylic acids is 1. The van der Waals surface area contributed by atoms with Crippen LogP contribution in [0, 0.1) is 5.92 Å². The molecule has 17 heavy (non-hydrogen) atoms. The van der Waals surface area contributed by atoms with Crippen LogP contribution in [0.1, 0.15) is 39.5 Å². The van der Waals surface area contributed by atoms with Crippen molar-refractivity contribution in [1.82, 2.24) is 5.32 Å². The summed E-state index contributed by atoms with van der Waals surface area (Å²) in [5.74, 6) is -1.30. The number of nitrogens with one attached hydrogen (secondary N) is 1. The fraction of sp³-hybridized carbons (Fsp3) is 0.833. The van der Waals surface area contributed by atoms with E-state index in [0.717, 1.165) is 19.4 Å². The Bertz CT molecular complexity index is 272. The lowest BCUT2D eigenvalue weighted by molar-refractivity contribution is -0.143. The van der Waals surface area contributed by atoms with Crippen LogP contribution in [-0.4, -0.2) is 35.7 Å². The van der Waals surface area contributed by atoms with Crippen LogP contribution in [0.5, 0.6) is 0 Å². The van der Waals surface area contributed by atoms with E-state index in [1.165, 1.54) is 0 Å². The molecule has 0 bridgehead atoms. The summed E-state index contributed by atoms with van der Waals surface area (Å²) in [6.45, 7) is 4.33. The summed E-state index contributed by atoms with van der Waals surface area (Å²) in [5, 5.41) is 11.5. The van der Waals surface area contributed by atoms with E-state index in [4.69, 9.17) is 9.84 Å². The van der Waals surface area contributed by atoms with E-state index >= 15 is 0 Å². The van der Waals surface area contributed by atoms with Crippen LogP contribution in [0.25, 0.3) is 0 Å². The molecule has 0 radical (unpaired) electrons. The van der Waals surface area contributed by atoms with Gasteiger partial charge in [0.25, 0.3) is 0 Å². The Morgan fingerprint density at radius 1 is 1.47 bits per heavy atom. The maximum absolute atomic E-state index is 11.6. The number of rotatable bonds is 6. The molecule has 1 fully saturated rings. The summed E-state index contributed by atoms with van der Waals surface area (Å²) in [6.07, 6.45) is 3.23. The van der Waals surface area contributed by atoms with Gasteiger partial charge in [-0.05, 0) is 25.2 Å². The van der Waals surface area contributed by atoms with Gasteiger partial charge in [-0.25, -0.2) is 4.79 Å². The average Bonchev–Trinajstić information content (AvgIpc) is 2.74. The van der Waals surface area contributed by atoms with Crippen LogP contribution in [-0.2, 0) is 14.3 Å². The summed E-state index contributed by atoms with van der Waals surface area (Å²) in [5.41, 5.74) is 0. The number of hydrogen-bond acceptors (Lipinski definition) is 3. The van der Waals surface area contributed by atoms with Crippen molar-refractivity contribution >= 4 is 11.9 Å². The minimum absolute atomic E-state index is 0.112. The molecule has 1 aliphatic rings. The zero-order valence-electron chi connectivity index (χ0n) is 10.4. The molecule has 0 aromatic carbocycles. The molecule has 1 heterocycles. The molecule has 1 amide bonds. The highest BCUT2D eigenvalue weighted by Crippen LogP contribution is 2.16. The Hall–Kier alpha value is -1.10. The molecule has 0 aliphatic carbocycles. The van der Waals surface area contributed by atoms with Gasteiger partial charge in [-0.2, -0.15) is 0 Å². The van der Waals surface area contributed by atoms with Crippen LogP contribution < -0.4 is 5.32 Å². The van der Waals surface area contributed by atoms with Crippen LogP contribution in [0.2, 0.25) is 0 Å². The molecule has 2 atom stereocenters. The molecular formula is C12H21NO4. The lowest BCUT2D eigenvalue weighted by Gasteiger charge is -2.18. The minimum Gasteiger partial charge on any atom is -0.480 e. The van der Waals surface area contributed by atoms with Gasteiger partial charge >= 0.3 is 5.97 Å². The Balaban J connectivity index is 2.29. The molecule has 0 aromatic rings. The first-order valence-corrected chi connectivity index (χ1v) is 6.14. The Morgan fingerprint density at radius 3 is 2.65 bits per heavy atom. The summed E-state index contributed by atoms with van der Waals surface area (Å²) < 4.78 is 5.41. The van der Waals surface area contributed by atoms with Gasteiger partial charge in [0.1, 0.15) is 6.04 Å². The summed E-state index contributed by atoms with van der Waals surface area (Å²) in [4.78, 5) is 22.5. The van der Waals surface area contributed by atoms with Crippen molar-refractivity contribution in [1.29, 1.82) is 0 Å². The first-order valence-electron chi connectivity index (χ1n) is 6.14. The SMILES string of the molecule is CC(C)[C@H](NC(=O)CCC1CCCO1)C(=O)O. The van der Waals surface area contributed by atoms with Crippen LogP contribution >= 0.6 is 0 Å². The third-order valence-corrected chi connectivity index (χ3v) is 2.97. The molecule has 98 valence electrons. The van der Waals surface area contributed by atoms with Gasteiger partial charge in [-0.15, -0.1) is 0 Å². The van der Waals surface area contributed by atoms with Crippen molar-refractivity contribution in [2.75, 3.05) is 6.61 Å². The molecule has 1 aliphatic heterocycles. The third kappa shape index (κ3) is 4.73. The molecule has 1 unspecified atom stereocenters. The van der Waals surface area contributed by atoms with E-state index in [9.17, 15) is 9.59 Å². The van der Waals surface area contributed by atoms with Crippen LogP contribution in [0.4, 0.5) is 0 Å². The van der Waals surface area contributed by atoms with Crippen LogP contribution in [0.3, 0.4) is 0 Å². The highest BCUT2D eigenvalue weighted by atomic mass is 16.5. The number of aliphatic carboxylic acids is 1. The maximum atomic E-state index is 11.6. The van der Waals surface area contributed by atoms with E-state index in [1.54, 1.807) is 13.8 Å². The molecule has 5 heteroatoms. The Labute approximate surface area is 102 Å². The third-order valence-electron chi connectivity index (χ3n) is 2.97. The topological polar surface area (TPSA) is 75.6 Å². The van der Waals surface area contributed by atoms with Gasteiger partial charge in [-0.3, -0.25) is 4.79 Å². The van der Waals surface area contributed by atoms with Crippen molar-refractivity contribution in [3.63, 3.8) is 0 Å². The standard InChI is InChI=1S/C12H21NO4/c1-8(2)11(12(15)16)13-10(14)6-5-9-4-3-7-17-9/h8-9,11H,3-7H2,1-2H3,(H,13,14)(H,15,16)/t9?,11-/m0/s1. The Kier molecular flexibility index (Phi) is 5.41. The largest absolute Gasteiger partial charge is 0.480 e. The second kappa shape index (κ2) is 6.59. The van der Waals surface area contributed by atoms with Crippen molar-refractivity contribution in [2.24, 2.45) is 5.92 Å². The lowest BCUT2D eigenvalue weighted by Crippen LogP contribution is -2.44. The fourth-order valence-corrected chi connectivity index (χ4v) is 1.92. The number of amides is 1. The molecular weight excluding hydrogens is 222 g/mol. The van der Waals surface area contributed by atoms with Gasteiger partial charge in [0, 0.05) is 13.0 Å². The molecule has 0 saturated carbocycles. The summed E-state index contributed by atoms with van der Waals surface area (Å²) >= 11 is 0. The second-order valence-corrected chi connectivity index (χ2v) is 4.80. The van der Waals surface area contributed by atoms with E-state index < -0.39 is 12.0 Å². The van der Waals surface area contributed by atoms with Gasteiger partial charge in [0.05, 0.1) is 6.10 Å². The number of carboxylic acid groups (broad SMARTS) is 1. The van der Waals surface area contributed by atoms with E-state index in [2.05, 4.69) is 5.32 Å². The van der Waals surface area contributed by atoms with Crippen molar-refractivity contribution in [2.45, 2.75) is 51.7 Å². The predicted molar refractivity (Wildman–Crippen MR) is 62.6 cm³/mol. The maximum Gasteiger partial charge on any atom is 0.326 e. The van der Waals surface area contributed by atoms with Crippen molar-refractivity contribution in [3.05, 3.63) is 0 Å². The normalized spacial score (nSPS) is 21.5. The number of carbonyl (C=O) groups is 2. The minimum atomic E-state index is -0.981. The fourth-order valence-electron chi connectivity index (χ4n) is 1.92. The monoisotopic (exact) mass is 243 g/mol. The zero-order valence-corrected chi connectivity index (χ0v) is 10.4. The first kappa shape index (κ1) is 14.0. The first-order chi connectivity index (χ1) is 8.00. The molecule has 1 rings (SSSR count). The zero-order chi connectivity index (χ0) is 12.8.